The molecule has 0 aromatic heterocycles. The minimum Gasteiger partial charge on any atom is -0.493 e. The zero-order valence-corrected chi connectivity index (χ0v) is 17.5. The van der Waals surface area contributed by atoms with E-state index >= 15 is 0 Å². The molecular weight excluding hydrogens is 366 g/mol. The Kier molecular flexibility index (Phi) is 8.90. The molecule has 1 aromatic rings. The summed E-state index contributed by atoms with van der Waals surface area (Å²) in [6.07, 6.45) is 2.10. The fraction of sp³-hybridized carbons (Fsp3) is 0.632. The van der Waals surface area contributed by atoms with Crippen molar-refractivity contribution in [3.05, 3.63) is 17.7 Å². The number of hydrogen-bond acceptors (Lipinski definition) is 6. The average molecular weight is 398 g/mol. The lowest BCUT2D eigenvalue weighted by molar-refractivity contribution is 0.196. The predicted octanol–water partition coefficient (Wildman–Crippen LogP) is 1.79. The second kappa shape index (κ2) is 11.2. The first-order chi connectivity index (χ1) is 13.1. The summed E-state index contributed by atoms with van der Waals surface area (Å²) < 4.78 is 21.3. The number of rotatable bonds is 9. The molecule has 0 radical (unpaired) electrons. The van der Waals surface area contributed by atoms with E-state index in [-0.39, 0.29) is 0 Å². The van der Waals surface area contributed by atoms with Crippen molar-refractivity contribution in [3.63, 3.8) is 0 Å². The minimum atomic E-state index is 0.406. The van der Waals surface area contributed by atoms with Crippen LogP contribution >= 0.6 is 12.2 Å². The Morgan fingerprint density at radius 2 is 1.70 bits per heavy atom. The second-order valence-corrected chi connectivity index (χ2v) is 6.89. The first-order valence-electron chi connectivity index (χ1n) is 9.15. The van der Waals surface area contributed by atoms with Crippen LogP contribution in [0.25, 0.3) is 0 Å². The first kappa shape index (κ1) is 21.5. The number of piperidine rings is 1. The number of likely N-dealkylation sites (tertiary alicyclic amines) is 1. The van der Waals surface area contributed by atoms with Gasteiger partial charge >= 0.3 is 0 Å². The standard InChI is InChI=1S/C19H31N3O4S/c1-23-10-7-20-19(27)21-15-5-8-22(9-6-15)13-14-11-16(24-2)18(26-4)17(12-14)25-3/h11-12,15H,5-10,13H2,1-4H3,(H2,20,21,27). The molecule has 0 unspecified atom stereocenters. The summed E-state index contributed by atoms with van der Waals surface area (Å²) in [4.78, 5) is 2.43. The maximum absolute atomic E-state index is 5.45. The van der Waals surface area contributed by atoms with Gasteiger partial charge in [-0.25, -0.2) is 0 Å². The average Bonchev–Trinajstić information content (AvgIpc) is 2.68. The number of methoxy groups -OCH3 is 4. The molecule has 1 fully saturated rings. The van der Waals surface area contributed by atoms with Crippen LogP contribution in [0.15, 0.2) is 12.1 Å². The van der Waals surface area contributed by atoms with Gasteiger partial charge in [-0.1, -0.05) is 0 Å². The zero-order valence-electron chi connectivity index (χ0n) is 16.7. The van der Waals surface area contributed by atoms with Crippen LogP contribution in [0, 0.1) is 0 Å². The molecule has 2 N–H and O–H groups in total. The van der Waals surface area contributed by atoms with E-state index in [1.165, 1.54) is 0 Å². The summed E-state index contributed by atoms with van der Waals surface area (Å²) in [7, 11) is 6.58. The molecule has 1 saturated heterocycles. The van der Waals surface area contributed by atoms with Gasteiger partial charge in [-0.3, -0.25) is 4.90 Å². The van der Waals surface area contributed by atoms with Gasteiger partial charge in [0.25, 0.3) is 0 Å². The lowest BCUT2D eigenvalue weighted by Crippen LogP contribution is -2.48. The summed E-state index contributed by atoms with van der Waals surface area (Å²) in [5.41, 5.74) is 1.15. The number of thiocarbonyl (C=S) groups is 1. The number of ether oxygens (including phenoxy) is 4. The van der Waals surface area contributed by atoms with Crippen LogP contribution in [-0.2, 0) is 11.3 Å². The Labute approximate surface area is 167 Å². The molecule has 0 aliphatic carbocycles. The maximum Gasteiger partial charge on any atom is 0.203 e. The van der Waals surface area contributed by atoms with E-state index in [9.17, 15) is 0 Å². The van der Waals surface area contributed by atoms with Gasteiger partial charge in [-0.15, -0.1) is 0 Å². The van der Waals surface area contributed by atoms with Gasteiger partial charge in [-0.05, 0) is 42.8 Å². The fourth-order valence-corrected chi connectivity index (χ4v) is 3.49. The van der Waals surface area contributed by atoms with Gasteiger partial charge in [0.05, 0.1) is 27.9 Å². The van der Waals surface area contributed by atoms with E-state index in [0.29, 0.717) is 35.0 Å². The largest absolute Gasteiger partial charge is 0.493 e. The highest BCUT2D eigenvalue weighted by atomic mass is 32.1. The van der Waals surface area contributed by atoms with Crippen molar-refractivity contribution < 1.29 is 18.9 Å². The van der Waals surface area contributed by atoms with E-state index in [1.807, 2.05) is 12.1 Å². The van der Waals surface area contributed by atoms with Crippen LogP contribution in [0.2, 0.25) is 0 Å². The summed E-state index contributed by atoms with van der Waals surface area (Å²) in [6, 6.07) is 4.44. The molecule has 0 spiro atoms. The SMILES string of the molecule is COCCNC(=S)NC1CCN(Cc2cc(OC)c(OC)c(OC)c2)CC1. The van der Waals surface area contributed by atoms with Crippen LogP contribution < -0.4 is 24.8 Å². The summed E-state index contributed by atoms with van der Waals surface area (Å²) >= 11 is 5.33. The lowest BCUT2D eigenvalue weighted by Gasteiger charge is -2.33. The quantitative estimate of drug-likeness (QED) is 0.483. The summed E-state index contributed by atoms with van der Waals surface area (Å²) in [6.45, 7) is 4.24. The highest BCUT2D eigenvalue weighted by Crippen LogP contribution is 2.38. The lowest BCUT2D eigenvalue weighted by atomic mass is 10.0. The minimum absolute atomic E-state index is 0.406. The second-order valence-electron chi connectivity index (χ2n) is 6.48. The molecule has 0 bridgehead atoms. The molecule has 152 valence electrons. The Balaban J connectivity index is 1.86. The zero-order chi connectivity index (χ0) is 19.6. The molecule has 0 saturated carbocycles. The monoisotopic (exact) mass is 397 g/mol. The highest BCUT2D eigenvalue weighted by Gasteiger charge is 2.21. The Hall–Kier alpha value is -1.77. The third-order valence-corrected chi connectivity index (χ3v) is 4.91. The van der Waals surface area contributed by atoms with Crippen molar-refractivity contribution in [2.24, 2.45) is 0 Å². The molecule has 1 aliphatic rings. The highest BCUT2D eigenvalue weighted by molar-refractivity contribution is 7.80. The first-order valence-corrected chi connectivity index (χ1v) is 9.56. The van der Waals surface area contributed by atoms with Crippen LogP contribution in [0.1, 0.15) is 18.4 Å². The Morgan fingerprint density at radius 3 is 2.22 bits per heavy atom. The topological polar surface area (TPSA) is 64.2 Å². The summed E-state index contributed by atoms with van der Waals surface area (Å²) in [5.74, 6) is 2.01. The van der Waals surface area contributed by atoms with Gasteiger partial charge in [0.1, 0.15) is 0 Å². The van der Waals surface area contributed by atoms with Crippen LogP contribution in [-0.4, -0.2) is 70.7 Å². The number of nitrogens with zero attached hydrogens (tertiary/aromatic N) is 1. The molecule has 27 heavy (non-hydrogen) atoms. The molecule has 1 aromatic carbocycles. The number of benzene rings is 1. The van der Waals surface area contributed by atoms with Crippen LogP contribution in [0.5, 0.6) is 17.2 Å². The van der Waals surface area contributed by atoms with Gasteiger partial charge < -0.3 is 29.6 Å². The van der Waals surface area contributed by atoms with Gasteiger partial charge in [-0.2, -0.15) is 0 Å². The number of hydrogen-bond donors (Lipinski definition) is 2. The summed E-state index contributed by atoms with van der Waals surface area (Å²) in [5, 5.41) is 7.26. The van der Waals surface area contributed by atoms with E-state index < -0.39 is 0 Å². The third-order valence-electron chi connectivity index (χ3n) is 4.65. The molecule has 0 atom stereocenters. The van der Waals surface area contributed by atoms with Gasteiger partial charge in [0, 0.05) is 39.3 Å². The van der Waals surface area contributed by atoms with E-state index in [4.69, 9.17) is 31.2 Å². The molecule has 0 amide bonds. The molecule has 2 rings (SSSR count). The smallest absolute Gasteiger partial charge is 0.203 e. The third kappa shape index (κ3) is 6.41. The molecular formula is C19H31N3O4S. The van der Waals surface area contributed by atoms with Gasteiger partial charge in [0.15, 0.2) is 16.6 Å². The Bertz CT molecular complexity index is 582. The molecule has 7 nitrogen and oxygen atoms in total. The number of nitrogens with one attached hydrogen (secondary N) is 2. The van der Waals surface area contributed by atoms with Crippen molar-refractivity contribution in [1.82, 2.24) is 15.5 Å². The van der Waals surface area contributed by atoms with Crippen molar-refractivity contribution in [2.75, 3.05) is 54.7 Å². The van der Waals surface area contributed by atoms with Crippen LogP contribution in [0.4, 0.5) is 0 Å². The van der Waals surface area contributed by atoms with Crippen molar-refractivity contribution in [1.29, 1.82) is 0 Å². The predicted molar refractivity (Wildman–Crippen MR) is 110 cm³/mol. The van der Waals surface area contributed by atoms with Crippen molar-refractivity contribution in [3.8, 4) is 17.2 Å². The normalized spacial score (nSPS) is 15.3. The molecule has 8 heteroatoms. The van der Waals surface area contributed by atoms with Gasteiger partial charge in [0.2, 0.25) is 5.75 Å². The van der Waals surface area contributed by atoms with E-state index in [2.05, 4.69) is 15.5 Å². The van der Waals surface area contributed by atoms with E-state index in [1.54, 1.807) is 28.4 Å². The molecule has 1 heterocycles. The fourth-order valence-electron chi connectivity index (χ4n) is 3.22. The van der Waals surface area contributed by atoms with Crippen LogP contribution in [0.3, 0.4) is 0 Å². The molecule has 1 aliphatic heterocycles. The van der Waals surface area contributed by atoms with Crippen molar-refractivity contribution in [2.45, 2.75) is 25.4 Å². The maximum atomic E-state index is 5.45. The van der Waals surface area contributed by atoms with Crippen molar-refractivity contribution >= 4 is 17.3 Å². The Morgan fingerprint density at radius 1 is 1.07 bits per heavy atom. The van der Waals surface area contributed by atoms with E-state index in [0.717, 1.165) is 44.6 Å².